The van der Waals surface area contributed by atoms with Crippen LogP contribution in [-0.2, 0) is 19.3 Å². The lowest BCUT2D eigenvalue weighted by atomic mass is 10.0. The monoisotopic (exact) mass is 832 g/mol. The van der Waals surface area contributed by atoms with E-state index in [1.54, 1.807) is 13.0 Å². The number of hydrogen-bond acceptors (Lipinski definition) is 12. The summed E-state index contributed by atoms with van der Waals surface area (Å²) in [5.74, 6) is 0. The summed E-state index contributed by atoms with van der Waals surface area (Å²) in [6.07, 6.45) is 8.07. The van der Waals surface area contributed by atoms with Crippen LogP contribution < -0.4 is 50.6 Å². The third-order valence-corrected chi connectivity index (χ3v) is 8.71. The molecule has 6 heterocycles. The Labute approximate surface area is 302 Å². The summed E-state index contributed by atoms with van der Waals surface area (Å²) < 4.78 is 15.0. The number of aromatic nitrogens is 6. The summed E-state index contributed by atoms with van der Waals surface area (Å²) >= 11 is 1.83. The summed E-state index contributed by atoms with van der Waals surface area (Å²) in [6.45, 7) is 7.56. The van der Waals surface area contributed by atoms with Gasteiger partial charge < -0.3 is 13.3 Å². The van der Waals surface area contributed by atoms with Crippen LogP contribution in [0.15, 0.2) is 68.5 Å². The molecule has 0 saturated heterocycles. The molecule has 0 radical (unpaired) electrons. The highest BCUT2D eigenvalue weighted by molar-refractivity contribution is 14.1. The van der Waals surface area contributed by atoms with Crippen LogP contribution in [0.5, 0.6) is 0 Å². The molecule has 6 N–H and O–H groups in total. The molecule has 18 nitrogen and oxygen atoms in total. The Bertz CT molecular complexity index is 2860. The fraction of sp³-hybridized carbons (Fsp3) is 0.303. The maximum Gasteiger partial charge on any atom is 0.351 e. The Hall–Kier alpha value is -5.86. The van der Waals surface area contributed by atoms with Crippen LogP contribution in [0.4, 0.5) is 0 Å². The van der Waals surface area contributed by atoms with E-state index in [-0.39, 0.29) is 33.3 Å². The van der Waals surface area contributed by atoms with Crippen LogP contribution in [0.25, 0.3) is 39.4 Å². The van der Waals surface area contributed by atoms with Crippen molar-refractivity contribution in [3.8, 4) is 0 Å². The molecule has 52 heavy (non-hydrogen) atoms. The second kappa shape index (κ2) is 16.9. The highest BCUT2D eigenvalue weighted by atomic mass is 127. The Morgan fingerprint density at radius 1 is 0.596 bits per heavy atom. The van der Waals surface area contributed by atoms with E-state index in [0.29, 0.717) is 45.1 Å². The van der Waals surface area contributed by atoms with Crippen molar-refractivity contribution in [3.05, 3.63) is 132 Å². The Balaban J connectivity index is 0.000000178. The minimum Gasteiger partial charge on any atom is -0.405 e. The number of hydrogen-bond donors (Lipinski definition) is 6. The predicted molar refractivity (Wildman–Crippen MR) is 201 cm³/mol. The summed E-state index contributed by atoms with van der Waals surface area (Å²) in [4.78, 5) is 116. The van der Waals surface area contributed by atoms with Crippen LogP contribution in [0, 0.1) is 3.57 Å². The van der Waals surface area contributed by atoms with Gasteiger partial charge in [0.15, 0.2) is 0 Å². The van der Waals surface area contributed by atoms with Crippen molar-refractivity contribution < 1.29 is 13.3 Å². The van der Waals surface area contributed by atoms with Crippen LogP contribution in [0.1, 0.15) is 69.2 Å². The van der Waals surface area contributed by atoms with Gasteiger partial charge >= 0.3 is 33.9 Å². The largest absolute Gasteiger partial charge is 0.405 e. The lowest BCUT2D eigenvalue weighted by Gasteiger charge is -2.05. The number of fused-ring (bicyclic) bond motifs is 3. The van der Waals surface area contributed by atoms with Gasteiger partial charge in [0.05, 0.1) is 5.56 Å². The number of halogens is 1. The van der Waals surface area contributed by atoms with Crippen molar-refractivity contribution in [1.29, 1.82) is 0 Å². The van der Waals surface area contributed by atoms with Crippen molar-refractivity contribution in [2.24, 2.45) is 0 Å². The van der Waals surface area contributed by atoms with Crippen molar-refractivity contribution in [3.63, 3.8) is 0 Å². The Morgan fingerprint density at radius 3 is 1.58 bits per heavy atom. The summed E-state index contributed by atoms with van der Waals surface area (Å²) in [5.41, 5.74) is -3.50. The first-order valence-corrected chi connectivity index (χ1v) is 17.1. The average molecular weight is 833 g/mol. The second-order valence-electron chi connectivity index (χ2n) is 11.0. The van der Waals surface area contributed by atoms with Gasteiger partial charge in [-0.25, -0.2) is 28.8 Å². The first-order valence-electron chi connectivity index (χ1n) is 16.0. The van der Waals surface area contributed by atoms with Gasteiger partial charge in [-0.05, 0) is 65.0 Å². The molecule has 0 aliphatic heterocycles. The zero-order chi connectivity index (χ0) is 38.3. The first-order chi connectivity index (χ1) is 24.7. The summed E-state index contributed by atoms with van der Waals surface area (Å²) in [5, 5.41) is 0.676. The van der Waals surface area contributed by atoms with Crippen molar-refractivity contribution >= 4 is 62.0 Å². The van der Waals surface area contributed by atoms with E-state index < -0.39 is 50.6 Å². The molecule has 0 spiro atoms. The van der Waals surface area contributed by atoms with E-state index in [1.165, 1.54) is 6.07 Å². The molecule has 0 atom stereocenters. The molecule has 6 aromatic rings. The molecule has 0 aliphatic rings. The number of nitrogens with one attached hydrogen (secondary N) is 6. The van der Waals surface area contributed by atoms with E-state index in [2.05, 4.69) is 36.8 Å². The summed E-state index contributed by atoms with van der Waals surface area (Å²) in [7, 11) is 0. The van der Waals surface area contributed by atoms with Gasteiger partial charge in [-0.15, -0.1) is 0 Å². The Kier molecular flexibility index (Phi) is 12.7. The van der Waals surface area contributed by atoms with Crippen LogP contribution in [0.3, 0.4) is 0 Å². The number of H-pyrrole nitrogens is 6. The second-order valence-corrected chi connectivity index (χ2v) is 12.1. The third-order valence-electron chi connectivity index (χ3n) is 7.62. The van der Waals surface area contributed by atoms with Gasteiger partial charge in [0, 0.05) is 6.07 Å². The molecular weight excluding hydrogens is 799 g/mol. The van der Waals surface area contributed by atoms with Gasteiger partial charge in [0.25, 0.3) is 16.7 Å². The van der Waals surface area contributed by atoms with Crippen LogP contribution >= 0.6 is 22.6 Å². The first kappa shape index (κ1) is 38.9. The predicted octanol–water partition coefficient (Wildman–Crippen LogP) is 2.00. The van der Waals surface area contributed by atoms with Crippen molar-refractivity contribution in [2.45, 2.75) is 66.2 Å². The van der Waals surface area contributed by atoms with E-state index >= 15 is 0 Å². The molecule has 0 amide bonds. The molecular formula is C33H33IN6O12. The fourth-order valence-electron chi connectivity index (χ4n) is 5.26. The topological polar surface area (TPSA) is 288 Å². The molecule has 0 aromatic carbocycles. The fourth-order valence-corrected chi connectivity index (χ4v) is 6.02. The minimum atomic E-state index is -0.691. The zero-order valence-corrected chi connectivity index (χ0v) is 30.4. The highest BCUT2D eigenvalue weighted by Crippen LogP contribution is 2.17. The normalized spacial score (nSPS) is 11.1. The SMILES string of the molecule is CCCC/C=C/c1c(CC)c2c(=O)[nH]c(=O)[nH]c2oc1=O.CCc1c(I)c(=O)oc2[nH]c(=O)[nH]c(=O)c12.CCc1cc(=O)oc2[nH]c(=O)[nH]c(=O)c12. The van der Waals surface area contributed by atoms with Gasteiger partial charge in [-0.1, -0.05) is 52.7 Å². The third kappa shape index (κ3) is 8.53. The number of allylic oxidation sites excluding steroid dienone is 1. The molecule has 0 fully saturated rings. The quantitative estimate of drug-likeness (QED) is 0.0995. The maximum atomic E-state index is 12.0. The van der Waals surface area contributed by atoms with E-state index in [4.69, 9.17) is 13.3 Å². The lowest BCUT2D eigenvalue weighted by molar-refractivity contribution is 0.539. The van der Waals surface area contributed by atoms with Crippen LogP contribution in [0.2, 0.25) is 0 Å². The standard InChI is InChI=1S/C15H18N2O4.C9H7IN2O4.C9H8N2O4/c1-3-5-6-7-8-10-9(4-2)11-12(18)16-15(20)17-13(11)21-14(10)19;1-2-3-4-6(13)11-9(15)12-7(4)16-8(14)5(3)10;1-2-4-3-5(12)15-8-6(4)7(13)10-9(14)11-8/h7-8H,3-6H2,1-2H3,(H2,16,17,18,20);2H2,1H3,(H2,11,12,13,15);3H,2H2,1H3,(H2,10,11,13,14)/b8-7+;;. The molecule has 0 unspecified atom stereocenters. The number of aryl methyl sites for hydroxylation is 3. The zero-order valence-electron chi connectivity index (χ0n) is 28.3. The highest BCUT2D eigenvalue weighted by Gasteiger charge is 2.16. The van der Waals surface area contributed by atoms with Crippen molar-refractivity contribution in [2.75, 3.05) is 0 Å². The van der Waals surface area contributed by atoms with Crippen molar-refractivity contribution in [1.82, 2.24) is 29.9 Å². The molecule has 274 valence electrons. The average Bonchev–Trinajstić information content (AvgIpc) is 3.07. The molecule has 0 saturated carbocycles. The molecule has 0 bridgehead atoms. The summed E-state index contributed by atoms with van der Waals surface area (Å²) in [6, 6.07) is 1.25. The maximum absolute atomic E-state index is 12.0. The van der Waals surface area contributed by atoms with E-state index in [0.717, 1.165) is 19.3 Å². The molecule has 19 heteroatoms. The van der Waals surface area contributed by atoms with E-state index in [1.807, 2.05) is 42.5 Å². The number of aromatic amines is 6. The van der Waals surface area contributed by atoms with E-state index in [9.17, 15) is 43.2 Å². The van der Waals surface area contributed by atoms with Gasteiger partial charge in [-0.3, -0.25) is 44.3 Å². The molecule has 0 aliphatic carbocycles. The Morgan fingerprint density at radius 2 is 1.08 bits per heavy atom. The smallest absolute Gasteiger partial charge is 0.351 e. The lowest BCUT2D eigenvalue weighted by Crippen LogP contribution is -2.25. The number of rotatable bonds is 7. The van der Waals surface area contributed by atoms with Gasteiger partial charge in [-0.2, -0.15) is 0 Å². The van der Waals surface area contributed by atoms with Gasteiger partial charge in [0.2, 0.25) is 17.1 Å². The number of unbranched alkanes of at least 4 members (excludes halogenated alkanes) is 2. The molecule has 6 aromatic heterocycles. The van der Waals surface area contributed by atoms with Crippen LogP contribution in [-0.4, -0.2) is 29.9 Å². The van der Waals surface area contributed by atoms with Gasteiger partial charge in [0.1, 0.15) is 19.7 Å². The molecule has 6 rings (SSSR count). The minimum absolute atomic E-state index is 0.0729.